The third-order valence-electron chi connectivity index (χ3n) is 4.48. The van der Waals surface area contributed by atoms with Gasteiger partial charge in [0.2, 0.25) is 0 Å². The summed E-state index contributed by atoms with van der Waals surface area (Å²) in [6.07, 6.45) is 6.72. The zero-order chi connectivity index (χ0) is 14.2. The molecule has 108 valence electrons. The first-order valence-corrected chi connectivity index (χ1v) is 7.83. The number of aromatic nitrogens is 1. The average Bonchev–Trinajstić information content (AvgIpc) is 2.65. The van der Waals surface area contributed by atoms with Crippen LogP contribution in [-0.4, -0.2) is 23.9 Å². The van der Waals surface area contributed by atoms with Crippen molar-refractivity contribution in [3.8, 4) is 0 Å². The third-order valence-corrected chi connectivity index (χ3v) is 4.48. The Morgan fingerprint density at radius 1 is 1.05 bits per heavy atom. The van der Waals surface area contributed by atoms with E-state index in [1.807, 2.05) is 12.1 Å². The molecule has 1 aromatic heterocycles. The van der Waals surface area contributed by atoms with Crippen molar-refractivity contribution < 1.29 is 4.79 Å². The molecule has 0 N–H and O–H groups in total. The van der Waals surface area contributed by atoms with Gasteiger partial charge in [-0.15, -0.1) is 0 Å². The monoisotopic (exact) mass is 272 g/mol. The Morgan fingerprint density at radius 2 is 1.75 bits per heavy atom. The number of carbonyl (C=O) groups is 1. The highest BCUT2D eigenvalue weighted by molar-refractivity contribution is 5.98. The van der Waals surface area contributed by atoms with E-state index in [1.165, 1.54) is 25.7 Å². The first-order chi connectivity index (χ1) is 9.55. The predicted molar refractivity (Wildman–Crippen MR) is 81.4 cm³/mol. The van der Waals surface area contributed by atoms with Gasteiger partial charge < -0.3 is 4.90 Å². The minimum Gasteiger partial charge on any atom is -0.357 e. The molecule has 1 saturated heterocycles. The second kappa shape index (κ2) is 5.19. The highest BCUT2D eigenvalue weighted by Gasteiger charge is 2.32. The molecule has 0 saturated carbocycles. The Labute approximate surface area is 121 Å². The SMILES string of the molecule is CC1(C)CC(=O)c2ccc(N3CCCCCC3)nc2C1. The van der Waals surface area contributed by atoms with Crippen LogP contribution in [0, 0.1) is 5.41 Å². The lowest BCUT2D eigenvalue weighted by Gasteiger charge is -2.30. The Morgan fingerprint density at radius 3 is 2.45 bits per heavy atom. The van der Waals surface area contributed by atoms with E-state index in [1.54, 1.807) is 0 Å². The molecule has 1 aliphatic carbocycles. The fourth-order valence-electron chi connectivity index (χ4n) is 3.40. The number of nitrogens with zero attached hydrogens (tertiary/aromatic N) is 2. The van der Waals surface area contributed by atoms with Crippen molar-refractivity contribution in [2.24, 2.45) is 5.41 Å². The van der Waals surface area contributed by atoms with Crippen molar-refractivity contribution >= 4 is 11.6 Å². The van der Waals surface area contributed by atoms with Gasteiger partial charge in [-0.2, -0.15) is 0 Å². The molecule has 2 heterocycles. The third kappa shape index (κ3) is 2.72. The quantitative estimate of drug-likeness (QED) is 0.783. The molecule has 3 heteroatoms. The lowest BCUT2D eigenvalue weighted by molar-refractivity contribution is 0.0910. The highest BCUT2D eigenvalue weighted by Crippen LogP contribution is 2.34. The molecule has 0 radical (unpaired) electrons. The van der Waals surface area contributed by atoms with Gasteiger partial charge >= 0.3 is 0 Å². The van der Waals surface area contributed by atoms with Crippen LogP contribution in [0.4, 0.5) is 5.82 Å². The van der Waals surface area contributed by atoms with Crippen molar-refractivity contribution in [3.63, 3.8) is 0 Å². The number of hydrogen-bond donors (Lipinski definition) is 0. The van der Waals surface area contributed by atoms with E-state index in [0.29, 0.717) is 6.42 Å². The van der Waals surface area contributed by atoms with Crippen LogP contribution in [0.15, 0.2) is 12.1 Å². The van der Waals surface area contributed by atoms with E-state index in [2.05, 4.69) is 18.7 Å². The molecule has 1 fully saturated rings. The summed E-state index contributed by atoms with van der Waals surface area (Å²) >= 11 is 0. The largest absolute Gasteiger partial charge is 0.357 e. The normalized spacial score (nSPS) is 22.3. The molecule has 0 bridgehead atoms. The minimum absolute atomic E-state index is 0.0501. The van der Waals surface area contributed by atoms with Gasteiger partial charge in [0, 0.05) is 25.1 Å². The summed E-state index contributed by atoms with van der Waals surface area (Å²) in [5.74, 6) is 1.32. The van der Waals surface area contributed by atoms with Crippen molar-refractivity contribution in [3.05, 3.63) is 23.4 Å². The van der Waals surface area contributed by atoms with Gasteiger partial charge in [0.25, 0.3) is 0 Å². The number of Topliss-reactive ketones (excluding diaryl/α,β-unsaturated/α-hetero) is 1. The van der Waals surface area contributed by atoms with Gasteiger partial charge in [0.05, 0.1) is 5.69 Å². The van der Waals surface area contributed by atoms with Crippen molar-refractivity contribution in [2.45, 2.75) is 52.4 Å². The Kier molecular flexibility index (Phi) is 3.53. The van der Waals surface area contributed by atoms with E-state index < -0.39 is 0 Å². The van der Waals surface area contributed by atoms with E-state index in [9.17, 15) is 4.79 Å². The van der Waals surface area contributed by atoms with Crippen LogP contribution < -0.4 is 4.90 Å². The topological polar surface area (TPSA) is 33.2 Å². The number of carbonyl (C=O) groups excluding carboxylic acids is 1. The van der Waals surface area contributed by atoms with Crippen LogP contribution in [0.25, 0.3) is 0 Å². The van der Waals surface area contributed by atoms with E-state index in [0.717, 1.165) is 36.6 Å². The first-order valence-electron chi connectivity index (χ1n) is 7.83. The lowest BCUT2D eigenvalue weighted by atomic mass is 9.76. The average molecular weight is 272 g/mol. The number of pyridine rings is 1. The Bertz CT molecular complexity index is 514. The summed E-state index contributed by atoms with van der Waals surface area (Å²) in [6, 6.07) is 4.04. The van der Waals surface area contributed by atoms with Gasteiger partial charge in [-0.1, -0.05) is 26.7 Å². The van der Waals surface area contributed by atoms with Crippen LogP contribution >= 0.6 is 0 Å². The summed E-state index contributed by atoms with van der Waals surface area (Å²) in [7, 11) is 0. The lowest BCUT2D eigenvalue weighted by Crippen LogP contribution is -2.30. The number of ketones is 1. The maximum Gasteiger partial charge on any atom is 0.165 e. The summed E-state index contributed by atoms with van der Waals surface area (Å²) in [6.45, 7) is 6.52. The van der Waals surface area contributed by atoms with E-state index in [4.69, 9.17) is 4.98 Å². The summed E-state index contributed by atoms with van der Waals surface area (Å²) < 4.78 is 0. The Balaban J connectivity index is 1.90. The van der Waals surface area contributed by atoms with Gasteiger partial charge in [0.15, 0.2) is 5.78 Å². The molecule has 20 heavy (non-hydrogen) atoms. The van der Waals surface area contributed by atoms with Gasteiger partial charge in [0.1, 0.15) is 5.82 Å². The van der Waals surface area contributed by atoms with Crippen LogP contribution in [0.3, 0.4) is 0 Å². The number of fused-ring (bicyclic) bond motifs is 1. The second-order valence-electron chi connectivity index (χ2n) is 7.01. The molecule has 0 aromatic carbocycles. The number of anilines is 1. The number of hydrogen-bond acceptors (Lipinski definition) is 3. The summed E-state index contributed by atoms with van der Waals surface area (Å²) in [5, 5.41) is 0. The summed E-state index contributed by atoms with van der Waals surface area (Å²) in [5.41, 5.74) is 1.91. The van der Waals surface area contributed by atoms with Crippen LogP contribution in [0.1, 0.15) is 62.0 Å². The van der Waals surface area contributed by atoms with Crippen molar-refractivity contribution in [1.29, 1.82) is 0 Å². The maximum absolute atomic E-state index is 12.2. The molecular formula is C17H24N2O. The molecule has 3 rings (SSSR count). The molecule has 0 atom stereocenters. The van der Waals surface area contributed by atoms with Crippen LogP contribution in [-0.2, 0) is 6.42 Å². The first kappa shape index (κ1) is 13.6. The fourth-order valence-corrected chi connectivity index (χ4v) is 3.40. The molecule has 0 amide bonds. The predicted octanol–water partition coefficient (Wildman–Crippen LogP) is 3.62. The molecule has 0 unspecified atom stereocenters. The molecule has 2 aliphatic rings. The molecule has 0 spiro atoms. The Hall–Kier alpha value is -1.38. The smallest absolute Gasteiger partial charge is 0.165 e. The van der Waals surface area contributed by atoms with Gasteiger partial charge in [-0.25, -0.2) is 4.98 Å². The zero-order valence-electron chi connectivity index (χ0n) is 12.6. The van der Waals surface area contributed by atoms with E-state index in [-0.39, 0.29) is 11.2 Å². The molecule has 3 nitrogen and oxygen atoms in total. The summed E-state index contributed by atoms with van der Waals surface area (Å²) in [4.78, 5) is 19.4. The molecule has 1 aliphatic heterocycles. The molecule has 1 aromatic rings. The van der Waals surface area contributed by atoms with Crippen molar-refractivity contribution in [2.75, 3.05) is 18.0 Å². The van der Waals surface area contributed by atoms with E-state index >= 15 is 0 Å². The standard InChI is InChI=1S/C17H24N2O/c1-17(2)11-14-13(15(20)12-17)7-8-16(18-14)19-9-5-3-4-6-10-19/h7-8H,3-6,9-12H2,1-2H3. The van der Waals surface area contributed by atoms with Crippen molar-refractivity contribution in [1.82, 2.24) is 4.98 Å². The van der Waals surface area contributed by atoms with Crippen LogP contribution in [0.5, 0.6) is 0 Å². The highest BCUT2D eigenvalue weighted by atomic mass is 16.1. The number of rotatable bonds is 1. The van der Waals surface area contributed by atoms with Crippen LogP contribution in [0.2, 0.25) is 0 Å². The van der Waals surface area contributed by atoms with Gasteiger partial charge in [-0.05, 0) is 36.8 Å². The molecular weight excluding hydrogens is 248 g/mol. The maximum atomic E-state index is 12.2. The minimum atomic E-state index is 0.0501. The fraction of sp³-hybridized carbons (Fsp3) is 0.647. The zero-order valence-corrected chi connectivity index (χ0v) is 12.6. The second-order valence-corrected chi connectivity index (χ2v) is 7.01. The van der Waals surface area contributed by atoms with Gasteiger partial charge in [-0.3, -0.25) is 4.79 Å².